The fraction of sp³-hybridized carbons (Fsp3) is 0.282. The van der Waals surface area contributed by atoms with E-state index in [-0.39, 0.29) is 50.5 Å². The Morgan fingerprint density at radius 1 is 0.860 bits per heavy atom. The fourth-order valence-electron chi connectivity index (χ4n) is 5.68. The minimum Gasteiger partial charge on any atom is -0.492 e. The van der Waals surface area contributed by atoms with Crippen molar-refractivity contribution >= 4 is 23.6 Å². The summed E-state index contributed by atoms with van der Waals surface area (Å²) in [5, 5.41) is 8.42. The van der Waals surface area contributed by atoms with Crippen LogP contribution in [-0.2, 0) is 27.2 Å². The van der Waals surface area contributed by atoms with E-state index in [1.807, 2.05) is 60.7 Å². The summed E-state index contributed by atoms with van der Waals surface area (Å²) in [6, 6.07) is 28.9. The Bertz CT molecular complexity index is 1740. The maximum atomic E-state index is 14.2. The van der Waals surface area contributed by atoms with Gasteiger partial charge in [-0.25, -0.2) is 4.39 Å². The molecule has 0 aromatic heterocycles. The van der Waals surface area contributed by atoms with Gasteiger partial charge in [-0.05, 0) is 60.4 Å². The molecule has 10 nitrogen and oxygen atoms in total. The minimum absolute atomic E-state index is 0.0377. The molecule has 5 rings (SSSR count). The lowest BCUT2D eigenvalue weighted by molar-refractivity contribution is -0.137. The Morgan fingerprint density at radius 2 is 1.50 bits per heavy atom. The van der Waals surface area contributed by atoms with Gasteiger partial charge in [0.1, 0.15) is 42.6 Å². The molecule has 3 N–H and O–H groups in total. The van der Waals surface area contributed by atoms with Crippen LogP contribution in [-0.4, -0.2) is 73.5 Å². The zero-order chi connectivity index (χ0) is 35.3. The first kappa shape index (κ1) is 35.6. The molecule has 0 aliphatic carbocycles. The van der Waals surface area contributed by atoms with E-state index >= 15 is 0 Å². The van der Waals surface area contributed by atoms with Crippen LogP contribution in [0.3, 0.4) is 0 Å². The predicted molar refractivity (Wildman–Crippen MR) is 186 cm³/mol. The van der Waals surface area contributed by atoms with E-state index in [4.69, 9.17) is 9.47 Å². The van der Waals surface area contributed by atoms with Crippen molar-refractivity contribution in [3.05, 3.63) is 132 Å². The number of nitrogens with one attached hydrogen (secondary N) is 3. The molecule has 3 atom stereocenters. The number of fused-ring (bicyclic) bond motifs is 1. The quantitative estimate of drug-likeness (QED) is 0.229. The average Bonchev–Trinajstić information content (AvgIpc) is 3.14. The summed E-state index contributed by atoms with van der Waals surface area (Å²) in [6.07, 6.45) is 0.547. The summed E-state index contributed by atoms with van der Waals surface area (Å²) < 4.78 is 25.0. The first-order valence-electron chi connectivity index (χ1n) is 16.6. The Balaban J connectivity index is 1.38. The molecule has 50 heavy (non-hydrogen) atoms. The van der Waals surface area contributed by atoms with Gasteiger partial charge in [-0.2, -0.15) is 0 Å². The maximum Gasteiger partial charge on any atom is 0.255 e. The SMILES string of the molecule is CN1C(=O)[C@H](Cc2ccccc2)NC(=O)CC[C@@H](C(=O)NCCOc2ccc(F)cc2)NC(=O)c2ccccc2OC[C@H]1Cc1ccccc1. The van der Waals surface area contributed by atoms with Crippen LogP contribution in [0, 0.1) is 5.82 Å². The van der Waals surface area contributed by atoms with Crippen molar-refractivity contribution in [1.82, 2.24) is 20.9 Å². The van der Waals surface area contributed by atoms with Crippen LogP contribution >= 0.6 is 0 Å². The number of rotatable bonds is 9. The molecule has 0 saturated carbocycles. The minimum atomic E-state index is -1.09. The van der Waals surface area contributed by atoms with Crippen molar-refractivity contribution < 1.29 is 33.0 Å². The lowest BCUT2D eigenvalue weighted by Crippen LogP contribution is -2.53. The number of carbonyl (C=O) groups is 4. The third kappa shape index (κ3) is 10.1. The summed E-state index contributed by atoms with van der Waals surface area (Å²) in [7, 11) is 1.69. The molecule has 4 aromatic rings. The number of amides is 4. The van der Waals surface area contributed by atoms with Crippen molar-refractivity contribution in [3.8, 4) is 11.5 Å². The van der Waals surface area contributed by atoms with E-state index in [2.05, 4.69) is 16.0 Å². The number of halogens is 1. The molecule has 0 bridgehead atoms. The third-order valence-corrected chi connectivity index (χ3v) is 8.45. The molecule has 1 aliphatic heterocycles. The van der Waals surface area contributed by atoms with Gasteiger partial charge in [-0.3, -0.25) is 19.2 Å². The summed E-state index contributed by atoms with van der Waals surface area (Å²) in [6.45, 7) is 0.249. The van der Waals surface area contributed by atoms with Crippen molar-refractivity contribution in [2.75, 3.05) is 26.8 Å². The van der Waals surface area contributed by atoms with Crippen LogP contribution < -0.4 is 25.4 Å². The van der Waals surface area contributed by atoms with Crippen molar-refractivity contribution in [2.24, 2.45) is 0 Å². The fourth-order valence-corrected chi connectivity index (χ4v) is 5.68. The van der Waals surface area contributed by atoms with E-state index in [0.29, 0.717) is 17.9 Å². The molecule has 4 aromatic carbocycles. The second-order valence-corrected chi connectivity index (χ2v) is 12.1. The van der Waals surface area contributed by atoms with Gasteiger partial charge in [-0.1, -0.05) is 72.8 Å². The summed E-state index contributed by atoms with van der Waals surface area (Å²) in [4.78, 5) is 56.2. The van der Waals surface area contributed by atoms with Crippen LogP contribution in [0.15, 0.2) is 109 Å². The first-order valence-corrected chi connectivity index (χ1v) is 16.6. The zero-order valence-electron chi connectivity index (χ0n) is 27.8. The second kappa shape index (κ2) is 17.6. The van der Waals surface area contributed by atoms with Gasteiger partial charge in [0.2, 0.25) is 17.7 Å². The highest BCUT2D eigenvalue weighted by molar-refractivity contribution is 6.00. The molecule has 1 heterocycles. The monoisotopic (exact) mass is 680 g/mol. The molecule has 0 unspecified atom stereocenters. The number of para-hydroxylation sites is 1. The summed E-state index contributed by atoms with van der Waals surface area (Å²) in [5.74, 6) is -1.46. The molecule has 260 valence electrons. The van der Waals surface area contributed by atoms with Crippen LogP contribution in [0.5, 0.6) is 11.5 Å². The number of carbonyl (C=O) groups excluding carboxylic acids is 4. The van der Waals surface area contributed by atoms with E-state index in [1.165, 1.54) is 24.3 Å². The predicted octanol–water partition coefficient (Wildman–Crippen LogP) is 4.09. The highest BCUT2D eigenvalue weighted by Crippen LogP contribution is 2.21. The van der Waals surface area contributed by atoms with Gasteiger partial charge in [0.15, 0.2) is 0 Å². The van der Waals surface area contributed by atoms with Crippen molar-refractivity contribution in [1.29, 1.82) is 0 Å². The highest BCUT2D eigenvalue weighted by atomic mass is 19.1. The van der Waals surface area contributed by atoms with Gasteiger partial charge < -0.3 is 30.3 Å². The second-order valence-electron chi connectivity index (χ2n) is 12.1. The normalized spacial score (nSPS) is 18.7. The number of benzene rings is 4. The molecule has 1 aliphatic rings. The lowest BCUT2D eigenvalue weighted by Gasteiger charge is -2.32. The number of hydrogen-bond donors (Lipinski definition) is 3. The van der Waals surface area contributed by atoms with E-state index in [9.17, 15) is 23.6 Å². The lowest BCUT2D eigenvalue weighted by atomic mass is 10.0. The van der Waals surface area contributed by atoms with Gasteiger partial charge >= 0.3 is 0 Å². The number of ether oxygens (including phenoxy) is 2. The van der Waals surface area contributed by atoms with Gasteiger partial charge in [-0.15, -0.1) is 0 Å². The Hall–Kier alpha value is -5.71. The molecule has 0 fully saturated rings. The Kier molecular flexibility index (Phi) is 12.5. The molecule has 0 radical (unpaired) electrons. The topological polar surface area (TPSA) is 126 Å². The molecular formula is C39H41FN4O6. The number of nitrogens with zero attached hydrogens (tertiary/aromatic N) is 1. The zero-order valence-corrected chi connectivity index (χ0v) is 27.8. The van der Waals surface area contributed by atoms with Crippen LogP contribution in [0.2, 0.25) is 0 Å². The average molecular weight is 681 g/mol. The van der Waals surface area contributed by atoms with E-state index in [1.54, 1.807) is 36.2 Å². The van der Waals surface area contributed by atoms with E-state index < -0.39 is 41.7 Å². The number of likely N-dealkylation sites (N-methyl/N-ethyl adjacent to an activating group) is 1. The maximum absolute atomic E-state index is 14.2. The first-order chi connectivity index (χ1) is 24.3. The number of hydrogen-bond acceptors (Lipinski definition) is 6. The Labute approximate surface area is 291 Å². The molecule has 4 amide bonds. The standard InChI is InChI=1S/C39H41FN4O6/c1-44-30(24-27-10-4-2-5-11-27)26-50-35-15-9-8-14-32(35)37(46)43-33(38(47)41-22-23-49-31-18-16-29(40)17-19-31)20-21-36(45)42-34(39(44)48)25-28-12-6-3-7-13-28/h2-19,30,33-34H,20-26H2,1H3,(H,41,47)(H,42,45)(H,43,46)/t30-,33+,34+/m1/s1. The summed E-state index contributed by atoms with van der Waals surface area (Å²) in [5.41, 5.74) is 2.07. The van der Waals surface area contributed by atoms with Crippen LogP contribution in [0.4, 0.5) is 4.39 Å². The van der Waals surface area contributed by atoms with Gasteiger partial charge in [0.25, 0.3) is 5.91 Å². The summed E-state index contributed by atoms with van der Waals surface area (Å²) >= 11 is 0. The molecule has 11 heteroatoms. The largest absolute Gasteiger partial charge is 0.492 e. The molecule has 0 saturated heterocycles. The van der Waals surface area contributed by atoms with Crippen LogP contribution in [0.25, 0.3) is 0 Å². The smallest absolute Gasteiger partial charge is 0.255 e. The van der Waals surface area contributed by atoms with Gasteiger partial charge in [0.05, 0.1) is 18.2 Å². The highest BCUT2D eigenvalue weighted by Gasteiger charge is 2.31. The Morgan fingerprint density at radius 3 is 2.20 bits per heavy atom. The van der Waals surface area contributed by atoms with Crippen molar-refractivity contribution in [2.45, 2.75) is 43.8 Å². The van der Waals surface area contributed by atoms with Gasteiger partial charge in [0, 0.05) is 19.9 Å². The van der Waals surface area contributed by atoms with Crippen molar-refractivity contribution in [3.63, 3.8) is 0 Å². The van der Waals surface area contributed by atoms with E-state index in [0.717, 1.165) is 11.1 Å². The molecular weight excluding hydrogens is 639 g/mol. The molecule has 0 spiro atoms. The third-order valence-electron chi connectivity index (χ3n) is 8.45. The van der Waals surface area contributed by atoms with Crippen LogP contribution in [0.1, 0.15) is 34.3 Å².